The van der Waals surface area contributed by atoms with Gasteiger partial charge in [0.1, 0.15) is 6.61 Å². The van der Waals surface area contributed by atoms with Crippen LogP contribution in [0.3, 0.4) is 0 Å². The molecule has 0 heterocycles. The summed E-state index contributed by atoms with van der Waals surface area (Å²) in [5, 5.41) is 13.7. The molecule has 0 aliphatic carbocycles. The zero-order valence-corrected chi connectivity index (χ0v) is 10.7. The van der Waals surface area contributed by atoms with Crippen LogP contribution in [0, 0.1) is 11.8 Å². The van der Waals surface area contributed by atoms with E-state index >= 15 is 0 Å². The lowest BCUT2D eigenvalue weighted by molar-refractivity contribution is -0.120. The maximum atomic E-state index is 11.8. The van der Waals surface area contributed by atoms with Crippen molar-refractivity contribution < 1.29 is 14.7 Å². The molecule has 5 heteroatoms. The summed E-state index contributed by atoms with van der Waals surface area (Å²) in [4.78, 5) is 23.0. The molecule has 0 unspecified atom stereocenters. The van der Waals surface area contributed by atoms with Crippen LogP contribution in [0.2, 0.25) is 0 Å². The number of benzene rings is 1. The minimum atomic E-state index is -0.334. The van der Waals surface area contributed by atoms with Gasteiger partial charge in [0.25, 0.3) is 5.91 Å². The maximum Gasteiger partial charge on any atom is 0.251 e. The second kappa shape index (κ2) is 7.90. The van der Waals surface area contributed by atoms with E-state index in [4.69, 9.17) is 5.11 Å². The lowest BCUT2D eigenvalue weighted by Crippen LogP contribution is -2.36. The second-order valence-corrected chi connectivity index (χ2v) is 3.68. The lowest BCUT2D eigenvalue weighted by Gasteiger charge is -2.05. The fourth-order valence-corrected chi connectivity index (χ4v) is 1.40. The van der Waals surface area contributed by atoms with Gasteiger partial charge in [-0.1, -0.05) is 17.9 Å². The third-order valence-corrected chi connectivity index (χ3v) is 2.22. The SMILES string of the molecule is CCNC(=O)CNC(=O)c1cccc(C#CCO)c1. The van der Waals surface area contributed by atoms with Gasteiger partial charge in [-0.25, -0.2) is 0 Å². The smallest absolute Gasteiger partial charge is 0.251 e. The molecule has 100 valence electrons. The second-order valence-electron chi connectivity index (χ2n) is 3.68. The van der Waals surface area contributed by atoms with Crippen LogP contribution in [0.5, 0.6) is 0 Å². The number of carbonyl (C=O) groups excluding carboxylic acids is 2. The number of nitrogens with one attached hydrogen (secondary N) is 2. The van der Waals surface area contributed by atoms with Gasteiger partial charge in [0.2, 0.25) is 5.91 Å². The Balaban J connectivity index is 2.64. The van der Waals surface area contributed by atoms with Gasteiger partial charge in [0.05, 0.1) is 6.54 Å². The van der Waals surface area contributed by atoms with E-state index in [9.17, 15) is 9.59 Å². The molecule has 2 amide bonds. The van der Waals surface area contributed by atoms with E-state index in [1.807, 2.05) is 6.92 Å². The Hall–Kier alpha value is -2.32. The van der Waals surface area contributed by atoms with Crippen molar-refractivity contribution >= 4 is 11.8 Å². The van der Waals surface area contributed by atoms with Crippen LogP contribution in [0.1, 0.15) is 22.8 Å². The number of aliphatic hydroxyl groups is 1. The first-order valence-electron chi connectivity index (χ1n) is 5.92. The van der Waals surface area contributed by atoms with Crippen molar-refractivity contribution in [2.45, 2.75) is 6.92 Å². The zero-order chi connectivity index (χ0) is 14.1. The van der Waals surface area contributed by atoms with Crippen molar-refractivity contribution in [1.82, 2.24) is 10.6 Å². The van der Waals surface area contributed by atoms with E-state index in [1.165, 1.54) is 0 Å². The molecule has 19 heavy (non-hydrogen) atoms. The Morgan fingerprint density at radius 1 is 1.32 bits per heavy atom. The van der Waals surface area contributed by atoms with Crippen LogP contribution < -0.4 is 10.6 Å². The number of carbonyl (C=O) groups is 2. The Labute approximate surface area is 112 Å². The molecule has 0 aromatic heterocycles. The fraction of sp³-hybridized carbons (Fsp3) is 0.286. The number of hydrogen-bond acceptors (Lipinski definition) is 3. The fourth-order valence-electron chi connectivity index (χ4n) is 1.40. The highest BCUT2D eigenvalue weighted by Crippen LogP contribution is 2.03. The molecule has 0 aliphatic rings. The minimum Gasteiger partial charge on any atom is -0.384 e. The van der Waals surface area contributed by atoms with Gasteiger partial charge in [-0.05, 0) is 25.1 Å². The predicted molar refractivity (Wildman–Crippen MR) is 71.4 cm³/mol. The van der Waals surface area contributed by atoms with E-state index in [0.29, 0.717) is 17.7 Å². The summed E-state index contributed by atoms with van der Waals surface area (Å²) in [5.74, 6) is 4.66. The topological polar surface area (TPSA) is 78.4 Å². The first kappa shape index (κ1) is 14.7. The van der Waals surface area contributed by atoms with Crippen molar-refractivity contribution in [1.29, 1.82) is 0 Å². The molecular weight excluding hydrogens is 244 g/mol. The van der Waals surface area contributed by atoms with E-state index in [-0.39, 0.29) is 25.0 Å². The standard InChI is InChI=1S/C14H16N2O3/c1-2-15-13(18)10-16-14(19)12-7-3-5-11(9-12)6-4-8-17/h3,5,7,9,17H,2,8,10H2,1H3,(H,15,18)(H,16,19). The normalized spacial score (nSPS) is 9.16. The third-order valence-electron chi connectivity index (χ3n) is 2.22. The highest BCUT2D eigenvalue weighted by atomic mass is 16.2. The highest BCUT2D eigenvalue weighted by Gasteiger charge is 2.07. The van der Waals surface area contributed by atoms with Gasteiger partial charge < -0.3 is 15.7 Å². The molecular formula is C14H16N2O3. The van der Waals surface area contributed by atoms with E-state index in [1.54, 1.807) is 24.3 Å². The lowest BCUT2D eigenvalue weighted by atomic mass is 10.1. The Morgan fingerprint density at radius 3 is 2.79 bits per heavy atom. The van der Waals surface area contributed by atoms with Crippen LogP contribution in [-0.4, -0.2) is 36.6 Å². The van der Waals surface area contributed by atoms with E-state index < -0.39 is 0 Å². The van der Waals surface area contributed by atoms with E-state index in [0.717, 1.165) is 0 Å². The molecule has 0 atom stereocenters. The van der Waals surface area contributed by atoms with Crippen LogP contribution in [0.4, 0.5) is 0 Å². The summed E-state index contributed by atoms with van der Waals surface area (Å²) in [7, 11) is 0. The van der Waals surface area contributed by atoms with Gasteiger partial charge >= 0.3 is 0 Å². The molecule has 0 spiro atoms. The summed E-state index contributed by atoms with van der Waals surface area (Å²) in [5.41, 5.74) is 1.06. The molecule has 5 nitrogen and oxygen atoms in total. The highest BCUT2D eigenvalue weighted by molar-refractivity contribution is 5.96. The molecule has 3 N–H and O–H groups in total. The summed E-state index contributed by atoms with van der Waals surface area (Å²) in [6.45, 7) is 2.05. The van der Waals surface area contributed by atoms with Gasteiger partial charge in [-0.3, -0.25) is 9.59 Å². The Kier molecular flexibility index (Phi) is 6.13. The molecule has 0 fully saturated rings. The first-order chi connectivity index (χ1) is 9.17. The molecule has 0 bridgehead atoms. The molecule has 0 aliphatic heterocycles. The quantitative estimate of drug-likeness (QED) is 0.661. The minimum absolute atomic E-state index is 0.0563. The Morgan fingerprint density at radius 2 is 2.11 bits per heavy atom. The van der Waals surface area contributed by atoms with Gasteiger partial charge in [0.15, 0.2) is 0 Å². The predicted octanol–water partition coefficient (Wildman–Crippen LogP) is -0.104. The first-order valence-corrected chi connectivity index (χ1v) is 5.92. The molecule has 0 radical (unpaired) electrons. The summed E-state index contributed by atoms with van der Waals surface area (Å²) in [6.07, 6.45) is 0. The largest absolute Gasteiger partial charge is 0.384 e. The summed E-state index contributed by atoms with van der Waals surface area (Å²) >= 11 is 0. The maximum absolute atomic E-state index is 11.8. The summed E-state index contributed by atoms with van der Waals surface area (Å²) < 4.78 is 0. The van der Waals surface area contributed by atoms with Crippen molar-refractivity contribution in [3.8, 4) is 11.8 Å². The molecule has 1 aromatic carbocycles. The Bertz CT molecular complexity index is 515. The average Bonchev–Trinajstić information content (AvgIpc) is 2.43. The number of aliphatic hydroxyl groups excluding tert-OH is 1. The zero-order valence-electron chi connectivity index (χ0n) is 10.7. The number of likely N-dealkylation sites (N-methyl/N-ethyl adjacent to an activating group) is 1. The van der Waals surface area contributed by atoms with Crippen LogP contribution in [-0.2, 0) is 4.79 Å². The number of amides is 2. The van der Waals surface area contributed by atoms with Gasteiger partial charge in [-0.2, -0.15) is 0 Å². The van der Waals surface area contributed by atoms with Crippen LogP contribution in [0.25, 0.3) is 0 Å². The van der Waals surface area contributed by atoms with Crippen LogP contribution >= 0.6 is 0 Å². The van der Waals surface area contributed by atoms with Crippen molar-refractivity contribution in [2.24, 2.45) is 0 Å². The van der Waals surface area contributed by atoms with Crippen LogP contribution in [0.15, 0.2) is 24.3 Å². The molecule has 0 saturated heterocycles. The van der Waals surface area contributed by atoms with Crippen molar-refractivity contribution in [3.05, 3.63) is 35.4 Å². The number of rotatable bonds is 4. The van der Waals surface area contributed by atoms with Crippen molar-refractivity contribution in [3.63, 3.8) is 0 Å². The summed E-state index contributed by atoms with van der Waals surface area (Å²) in [6, 6.07) is 6.68. The van der Waals surface area contributed by atoms with E-state index in [2.05, 4.69) is 22.5 Å². The average molecular weight is 260 g/mol. The molecule has 1 aromatic rings. The monoisotopic (exact) mass is 260 g/mol. The van der Waals surface area contributed by atoms with Gasteiger partial charge in [0, 0.05) is 17.7 Å². The molecule has 1 rings (SSSR count). The third kappa shape index (κ3) is 5.23. The number of hydrogen-bond donors (Lipinski definition) is 3. The van der Waals surface area contributed by atoms with Gasteiger partial charge in [-0.15, -0.1) is 0 Å². The molecule has 0 saturated carbocycles. The van der Waals surface area contributed by atoms with Crippen molar-refractivity contribution in [2.75, 3.05) is 19.7 Å².